The summed E-state index contributed by atoms with van der Waals surface area (Å²) in [6, 6.07) is 3.66. The fourth-order valence-corrected chi connectivity index (χ4v) is 3.40. The number of rotatable bonds is 3. The number of methoxy groups -OCH3 is 1. The van der Waals surface area contributed by atoms with E-state index in [4.69, 9.17) is 4.74 Å². The minimum absolute atomic E-state index is 0.239. The minimum Gasteiger partial charge on any atom is -0.496 e. The lowest BCUT2D eigenvalue weighted by Gasteiger charge is -2.15. The van der Waals surface area contributed by atoms with Crippen molar-refractivity contribution >= 4 is 23.0 Å². The van der Waals surface area contributed by atoms with E-state index >= 15 is 0 Å². The van der Waals surface area contributed by atoms with Crippen molar-refractivity contribution in [1.29, 1.82) is 0 Å². The Morgan fingerprint density at radius 3 is 2.93 bits per heavy atom. The molecule has 0 unspecified atom stereocenters. The van der Waals surface area contributed by atoms with Crippen LogP contribution in [0, 0.1) is 0 Å². The number of hydrogen-bond acceptors (Lipinski definition) is 4. The first-order valence-electron chi connectivity index (χ1n) is 8.70. The normalized spacial score (nSPS) is 15.6. The summed E-state index contributed by atoms with van der Waals surface area (Å²) in [6.07, 6.45) is 8.29. The number of benzene rings is 1. The Balaban J connectivity index is 1.69. The van der Waals surface area contributed by atoms with Crippen LogP contribution in [0.1, 0.15) is 34.3 Å². The van der Waals surface area contributed by atoms with Crippen LogP contribution in [0.15, 0.2) is 47.5 Å². The molecule has 2 aromatic rings. The van der Waals surface area contributed by atoms with Gasteiger partial charge in [0.15, 0.2) is 0 Å². The molecule has 6 nitrogen and oxygen atoms in total. The first kappa shape index (κ1) is 17.2. The average Bonchev–Trinajstić information content (AvgIpc) is 3.27. The van der Waals surface area contributed by atoms with E-state index < -0.39 is 0 Å². The number of fused-ring (bicyclic) bond motifs is 1. The van der Waals surface area contributed by atoms with E-state index in [0.717, 1.165) is 17.5 Å². The number of hydrogen-bond donors (Lipinski definition) is 1. The zero-order valence-electron chi connectivity index (χ0n) is 15.1. The number of aliphatic imine (C=N–C) groups is 1. The Labute approximate surface area is 156 Å². The molecule has 0 spiro atoms. The van der Waals surface area contributed by atoms with Crippen LogP contribution in [0.5, 0.6) is 5.75 Å². The average molecular weight is 366 g/mol. The molecule has 1 aromatic heterocycles. The first-order valence-corrected chi connectivity index (χ1v) is 8.70. The monoisotopic (exact) mass is 366 g/mol. The van der Waals surface area contributed by atoms with Crippen molar-refractivity contribution in [2.45, 2.75) is 19.3 Å². The van der Waals surface area contributed by atoms with Crippen LogP contribution in [0.3, 0.4) is 0 Å². The van der Waals surface area contributed by atoms with Gasteiger partial charge in [-0.2, -0.15) is 5.10 Å². The molecular formula is C20H19FN4O2. The summed E-state index contributed by atoms with van der Waals surface area (Å²) in [7, 11) is 3.34. The maximum atomic E-state index is 14.3. The van der Waals surface area contributed by atoms with E-state index in [1.54, 1.807) is 25.0 Å². The second-order valence-corrected chi connectivity index (χ2v) is 6.50. The molecule has 7 heteroatoms. The van der Waals surface area contributed by atoms with Gasteiger partial charge < -0.3 is 10.1 Å². The van der Waals surface area contributed by atoms with Crippen molar-refractivity contribution in [3.05, 3.63) is 59.2 Å². The molecule has 4 rings (SSSR count). The van der Waals surface area contributed by atoms with Gasteiger partial charge in [0, 0.05) is 30.8 Å². The SMILES string of the molecule is COc1ccc(C2=C(F)C=CCC2)c2c1CC(NC(=O)c1cnn(C)c1)=N2. The van der Waals surface area contributed by atoms with Crippen LogP contribution in [0.25, 0.3) is 5.57 Å². The van der Waals surface area contributed by atoms with E-state index in [1.807, 2.05) is 18.2 Å². The molecule has 0 radical (unpaired) electrons. The largest absolute Gasteiger partial charge is 0.496 e. The van der Waals surface area contributed by atoms with Gasteiger partial charge in [-0.15, -0.1) is 0 Å². The molecule has 1 aliphatic heterocycles. The number of amides is 1. The van der Waals surface area contributed by atoms with E-state index in [0.29, 0.717) is 41.3 Å². The highest BCUT2D eigenvalue weighted by atomic mass is 19.1. The molecule has 1 N–H and O–H groups in total. The Morgan fingerprint density at radius 2 is 2.22 bits per heavy atom. The van der Waals surface area contributed by atoms with Gasteiger partial charge in [-0.05, 0) is 36.6 Å². The van der Waals surface area contributed by atoms with Crippen molar-refractivity contribution in [3.63, 3.8) is 0 Å². The van der Waals surface area contributed by atoms with Gasteiger partial charge in [0.25, 0.3) is 5.91 Å². The zero-order chi connectivity index (χ0) is 19.0. The highest BCUT2D eigenvalue weighted by Crippen LogP contribution is 2.43. The second-order valence-electron chi connectivity index (χ2n) is 6.50. The number of nitrogens with zero attached hydrogens (tertiary/aromatic N) is 3. The molecule has 0 saturated carbocycles. The lowest BCUT2D eigenvalue weighted by Crippen LogP contribution is -2.30. The topological polar surface area (TPSA) is 68.5 Å². The van der Waals surface area contributed by atoms with Crippen molar-refractivity contribution in [3.8, 4) is 5.75 Å². The highest BCUT2D eigenvalue weighted by molar-refractivity contribution is 6.09. The highest BCUT2D eigenvalue weighted by Gasteiger charge is 2.26. The molecule has 0 fully saturated rings. The summed E-state index contributed by atoms with van der Waals surface area (Å²) < 4.78 is 21.4. The molecule has 0 bridgehead atoms. The number of halogens is 1. The number of amidine groups is 1. The molecule has 0 saturated heterocycles. The van der Waals surface area contributed by atoms with Crippen molar-refractivity contribution in [1.82, 2.24) is 15.1 Å². The van der Waals surface area contributed by atoms with Gasteiger partial charge >= 0.3 is 0 Å². The molecular weight excluding hydrogens is 347 g/mol. The smallest absolute Gasteiger partial charge is 0.259 e. The molecule has 1 aromatic carbocycles. The number of carbonyl (C=O) groups is 1. The molecule has 0 atom stereocenters. The fourth-order valence-electron chi connectivity index (χ4n) is 3.40. The van der Waals surface area contributed by atoms with E-state index in [9.17, 15) is 9.18 Å². The third-order valence-corrected chi connectivity index (χ3v) is 4.71. The lowest BCUT2D eigenvalue weighted by molar-refractivity contribution is 0.0976. The first-order chi connectivity index (χ1) is 13.1. The van der Waals surface area contributed by atoms with Crippen LogP contribution in [0.4, 0.5) is 10.1 Å². The zero-order valence-corrected chi connectivity index (χ0v) is 15.1. The molecule has 27 heavy (non-hydrogen) atoms. The Morgan fingerprint density at radius 1 is 1.37 bits per heavy atom. The summed E-state index contributed by atoms with van der Waals surface area (Å²) in [5, 5.41) is 6.83. The molecule has 2 aliphatic rings. The molecule has 1 amide bonds. The Hall–Kier alpha value is -3.22. The minimum atomic E-state index is -0.277. The van der Waals surface area contributed by atoms with Crippen LogP contribution in [-0.4, -0.2) is 28.6 Å². The Kier molecular flexibility index (Phi) is 4.35. The summed E-state index contributed by atoms with van der Waals surface area (Å²) in [5.74, 6) is 0.672. The van der Waals surface area contributed by atoms with Gasteiger partial charge in [0.05, 0.1) is 24.6 Å². The van der Waals surface area contributed by atoms with E-state index in [-0.39, 0.29) is 11.7 Å². The second kappa shape index (κ2) is 6.83. The van der Waals surface area contributed by atoms with Crippen molar-refractivity contribution in [2.24, 2.45) is 12.0 Å². The quantitative estimate of drug-likeness (QED) is 0.904. The third-order valence-electron chi connectivity index (χ3n) is 4.71. The predicted molar refractivity (Wildman–Crippen MR) is 101 cm³/mol. The van der Waals surface area contributed by atoms with Crippen LogP contribution < -0.4 is 10.1 Å². The lowest BCUT2D eigenvalue weighted by atomic mass is 9.93. The van der Waals surface area contributed by atoms with Gasteiger partial charge in [-0.1, -0.05) is 6.08 Å². The summed E-state index contributed by atoms with van der Waals surface area (Å²) in [4.78, 5) is 17.0. The van der Waals surface area contributed by atoms with Gasteiger partial charge in [-0.25, -0.2) is 9.38 Å². The number of carbonyl (C=O) groups excluding carboxylic acids is 1. The van der Waals surface area contributed by atoms with E-state index in [2.05, 4.69) is 15.4 Å². The summed E-state index contributed by atoms with van der Waals surface area (Å²) >= 11 is 0. The van der Waals surface area contributed by atoms with Gasteiger partial charge in [0.1, 0.15) is 17.4 Å². The number of aryl methyl sites for hydroxylation is 1. The summed E-state index contributed by atoms with van der Waals surface area (Å²) in [6.45, 7) is 0. The fraction of sp³-hybridized carbons (Fsp3) is 0.250. The summed E-state index contributed by atoms with van der Waals surface area (Å²) in [5.41, 5.74) is 3.36. The van der Waals surface area contributed by atoms with Crippen LogP contribution >= 0.6 is 0 Å². The van der Waals surface area contributed by atoms with Crippen molar-refractivity contribution in [2.75, 3.05) is 7.11 Å². The van der Waals surface area contributed by atoms with Crippen LogP contribution in [0.2, 0.25) is 0 Å². The third kappa shape index (κ3) is 3.16. The van der Waals surface area contributed by atoms with Crippen LogP contribution in [-0.2, 0) is 13.5 Å². The number of allylic oxidation sites excluding steroid dienone is 4. The van der Waals surface area contributed by atoms with Gasteiger partial charge in [0.2, 0.25) is 0 Å². The number of nitrogens with one attached hydrogen (secondary N) is 1. The molecule has 1 aliphatic carbocycles. The maximum absolute atomic E-state index is 14.3. The standard InChI is InChI=1S/C20H19FN4O2/c1-25-11-12(10-22-25)20(26)24-18-9-15-17(27-2)8-7-14(19(15)23-18)13-5-3-4-6-16(13)21/h4,6-8,10-11H,3,5,9H2,1-2H3,(H,23,24,26). The van der Waals surface area contributed by atoms with Crippen molar-refractivity contribution < 1.29 is 13.9 Å². The molecule has 2 heterocycles. The van der Waals surface area contributed by atoms with Gasteiger partial charge in [-0.3, -0.25) is 9.48 Å². The maximum Gasteiger partial charge on any atom is 0.259 e. The van der Waals surface area contributed by atoms with E-state index in [1.165, 1.54) is 12.3 Å². The predicted octanol–water partition coefficient (Wildman–Crippen LogP) is 3.48. The number of aromatic nitrogens is 2. The number of ether oxygens (including phenoxy) is 1. The molecule has 138 valence electrons. The Bertz CT molecular complexity index is 1020.